The van der Waals surface area contributed by atoms with Crippen molar-refractivity contribution in [2.24, 2.45) is 0 Å². The first kappa shape index (κ1) is 11.6. The Kier molecular flexibility index (Phi) is 4.68. The number of thiocarbonyl (C=S) groups is 1. The van der Waals surface area contributed by atoms with Crippen molar-refractivity contribution in [2.75, 3.05) is 14.2 Å². The monoisotopic (exact) mass is 204 g/mol. The Morgan fingerprint density at radius 2 is 1.69 bits per heavy atom. The van der Waals surface area contributed by atoms with Crippen LogP contribution in [0.1, 0.15) is 0 Å². The van der Waals surface area contributed by atoms with Gasteiger partial charge in [-0.1, -0.05) is 12.2 Å². The van der Waals surface area contributed by atoms with Gasteiger partial charge in [0.2, 0.25) is 0 Å². The van der Waals surface area contributed by atoms with Gasteiger partial charge >= 0.3 is 11.9 Å². The van der Waals surface area contributed by atoms with Crippen LogP contribution in [0.2, 0.25) is 0 Å². The molecule has 0 aliphatic carbocycles. The van der Waals surface area contributed by atoms with Crippen LogP contribution < -0.4 is 0 Å². The fourth-order valence-electron chi connectivity index (χ4n) is 0.517. The van der Waals surface area contributed by atoms with E-state index in [2.05, 4.69) is 21.7 Å². The van der Waals surface area contributed by atoms with Crippen LogP contribution in [0.3, 0.4) is 0 Å². The lowest BCUT2D eigenvalue weighted by molar-refractivity contribution is -0.137. The molecule has 0 atom stereocenters. The Hall–Kier alpha value is -1.43. The van der Waals surface area contributed by atoms with Gasteiger partial charge in [0.25, 0.3) is 0 Å². The van der Waals surface area contributed by atoms with Crippen LogP contribution in [0.15, 0.2) is 11.8 Å². The van der Waals surface area contributed by atoms with Gasteiger partial charge in [-0.2, -0.15) is 0 Å². The van der Waals surface area contributed by atoms with Gasteiger partial charge in [0.05, 0.1) is 20.5 Å². The maximum Gasteiger partial charge on any atom is 0.349 e. The predicted molar refractivity (Wildman–Crippen MR) is 47.3 cm³/mol. The molecular formula is C7H8O5S. The molecule has 0 saturated carbocycles. The number of carbonyl (C=O) groups is 2. The number of hydrogen-bond acceptors (Lipinski definition) is 6. The lowest BCUT2D eigenvalue weighted by atomic mass is 10.2. The third kappa shape index (κ3) is 2.83. The first-order valence-electron chi connectivity index (χ1n) is 3.13. The number of rotatable bonds is 3. The first-order chi connectivity index (χ1) is 6.08. The Labute approximate surface area is 79.9 Å². The quantitative estimate of drug-likeness (QED) is 0.305. The second-order valence-corrected chi connectivity index (χ2v) is 2.26. The zero-order valence-corrected chi connectivity index (χ0v) is 7.88. The zero-order valence-electron chi connectivity index (χ0n) is 7.07. The fraction of sp³-hybridized carbons (Fsp3) is 0.286. The van der Waals surface area contributed by atoms with Crippen molar-refractivity contribution < 1.29 is 24.2 Å². The molecule has 0 aromatic carbocycles. The van der Waals surface area contributed by atoms with E-state index in [0.717, 1.165) is 14.2 Å². The number of ether oxygens (including phenoxy) is 2. The van der Waals surface area contributed by atoms with Crippen molar-refractivity contribution in [3.8, 4) is 0 Å². The van der Waals surface area contributed by atoms with Crippen LogP contribution in [0.25, 0.3) is 0 Å². The molecule has 0 heterocycles. The molecule has 0 aromatic heterocycles. The fourth-order valence-corrected chi connectivity index (χ4v) is 0.736. The minimum atomic E-state index is -0.891. The van der Waals surface area contributed by atoms with E-state index in [-0.39, 0.29) is 0 Å². The molecule has 72 valence electrons. The van der Waals surface area contributed by atoms with E-state index in [0.29, 0.717) is 6.26 Å². The molecule has 0 rings (SSSR count). The lowest BCUT2D eigenvalue weighted by Crippen LogP contribution is -2.21. The molecular weight excluding hydrogens is 196 g/mol. The summed E-state index contributed by atoms with van der Waals surface area (Å²) in [6.07, 6.45) is 0.408. The van der Waals surface area contributed by atoms with Gasteiger partial charge in [-0.3, -0.25) is 0 Å². The smallest absolute Gasteiger partial charge is 0.349 e. The average molecular weight is 204 g/mol. The number of carbonyl (C=O) groups excluding carboxylic acids is 2. The minimum absolute atomic E-state index is 0.399. The molecule has 1 N–H and O–H groups in total. The maximum absolute atomic E-state index is 10.9. The van der Waals surface area contributed by atoms with Crippen molar-refractivity contribution >= 4 is 29.0 Å². The number of esters is 2. The summed E-state index contributed by atoms with van der Waals surface area (Å²) in [6.45, 7) is 0. The molecule has 0 aliphatic heterocycles. The Bertz CT molecular complexity index is 268. The molecule has 5 nitrogen and oxygen atoms in total. The molecule has 13 heavy (non-hydrogen) atoms. The van der Waals surface area contributed by atoms with Gasteiger partial charge < -0.3 is 14.6 Å². The van der Waals surface area contributed by atoms with Crippen LogP contribution in [0.5, 0.6) is 0 Å². The van der Waals surface area contributed by atoms with Crippen LogP contribution in [0.4, 0.5) is 0 Å². The molecule has 0 aromatic rings. The number of hydrogen-bond donors (Lipinski definition) is 1. The van der Waals surface area contributed by atoms with Crippen molar-refractivity contribution in [3.05, 3.63) is 11.8 Å². The third-order valence-corrected chi connectivity index (χ3v) is 1.54. The zero-order chi connectivity index (χ0) is 10.4. The molecule has 0 fully saturated rings. The van der Waals surface area contributed by atoms with Gasteiger partial charge in [-0.25, -0.2) is 9.59 Å². The van der Waals surface area contributed by atoms with Crippen LogP contribution in [0, 0.1) is 0 Å². The van der Waals surface area contributed by atoms with E-state index in [9.17, 15) is 9.59 Å². The predicted octanol–water partition coefficient (Wildman–Crippen LogP) is 0.144. The third-order valence-electron chi connectivity index (χ3n) is 1.15. The van der Waals surface area contributed by atoms with Gasteiger partial charge in [0.1, 0.15) is 10.4 Å². The highest BCUT2D eigenvalue weighted by Crippen LogP contribution is 2.02. The number of aliphatic hydroxyl groups excluding tert-OH is 1. The molecule has 0 radical (unpaired) electrons. The van der Waals surface area contributed by atoms with Crippen molar-refractivity contribution in [3.63, 3.8) is 0 Å². The normalized spacial score (nSPS) is 10.5. The Morgan fingerprint density at radius 1 is 1.23 bits per heavy atom. The summed E-state index contributed by atoms with van der Waals surface area (Å²) in [4.78, 5) is 21.2. The van der Waals surface area contributed by atoms with Gasteiger partial charge in [-0.15, -0.1) is 0 Å². The highest BCUT2D eigenvalue weighted by Gasteiger charge is 2.22. The van der Waals surface area contributed by atoms with E-state index in [4.69, 9.17) is 5.11 Å². The highest BCUT2D eigenvalue weighted by atomic mass is 32.1. The van der Waals surface area contributed by atoms with Crippen molar-refractivity contribution in [2.45, 2.75) is 0 Å². The van der Waals surface area contributed by atoms with E-state index in [1.807, 2.05) is 0 Å². The summed E-state index contributed by atoms with van der Waals surface area (Å²) >= 11 is 4.54. The van der Waals surface area contributed by atoms with Gasteiger partial charge in [0, 0.05) is 0 Å². The molecule has 0 bridgehead atoms. The van der Waals surface area contributed by atoms with E-state index in [1.165, 1.54) is 0 Å². The molecule has 0 amide bonds. The van der Waals surface area contributed by atoms with Crippen LogP contribution in [-0.2, 0) is 19.1 Å². The lowest BCUT2D eigenvalue weighted by Gasteiger charge is -2.02. The van der Waals surface area contributed by atoms with Gasteiger partial charge in [0.15, 0.2) is 0 Å². The largest absolute Gasteiger partial charge is 0.515 e. The Balaban J connectivity index is 4.72. The second-order valence-electron chi connectivity index (χ2n) is 1.86. The molecule has 0 saturated heterocycles. The number of aliphatic hydroxyl groups is 1. The van der Waals surface area contributed by atoms with Gasteiger partial charge in [-0.05, 0) is 0 Å². The second kappa shape index (κ2) is 5.26. The summed E-state index contributed by atoms with van der Waals surface area (Å²) in [6, 6.07) is 0. The Morgan fingerprint density at radius 3 is 2.00 bits per heavy atom. The topological polar surface area (TPSA) is 72.8 Å². The van der Waals surface area contributed by atoms with Crippen LogP contribution in [-0.4, -0.2) is 36.1 Å². The molecule has 0 unspecified atom stereocenters. The summed E-state index contributed by atoms with van der Waals surface area (Å²) < 4.78 is 8.51. The summed E-state index contributed by atoms with van der Waals surface area (Å²) in [5.74, 6) is -1.77. The minimum Gasteiger partial charge on any atom is -0.515 e. The molecule has 0 aliphatic rings. The summed E-state index contributed by atoms with van der Waals surface area (Å²) in [7, 11) is 2.21. The summed E-state index contributed by atoms with van der Waals surface area (Å²) in [5, 5.41) is 8.58. The summed E-state index contributed by atoms with van der Waals surface area (Å²) in [5.41, 5.74) is -0.399. The first-order valence-corrected chi connectivity index (χ1v) is 3.54. The van der Waals surface area contributed by atoms with E-state index >= 15 is 0 Å². The standard InChI is InChI=1S/C7H8O5S/c1-11-6(9)4(3-8)5(13)7(10)12-2/h3,8H,1-2H3/b4-3-. The molecule has 0 spiro atoms. The highest BCUT2D eigenvalue weighted by molar-refractivity contribution is 7.82. The van der Waals surface area contributed by atoms with E-state index in [1.54, 1.807) is 0 Å². The van der Waals surface area contributed by atoms with Crippen LogP contribution >= 0.6 is 12.2 Å². The van der Waals surface area contributed by atoms with Crippen molar-refractivity contribution in [1.29, 1.82) is 0 Å². The van der Waals surface area contributed by atoms with E-state index < -0.39 is 22.4 Å². The average Bonchev–Trinajstić information content (AvgIpc) is 2.17. The van der Waals surface area contributed by atoms with Crippen molar-refractivity contribution in [1.82, 2.24) is 0 Å². The maximum atomic E-state index is 10.9. The SMILES string of the molecule is COC(=O)C(=S)/C(=C/O)C(=O)OC. The number of methoxy groups -OCH3 is 2. The molecule has 6 heteroatoms.